The van der Waals surface area contributed by atoms with E-state index < -0.39 is 0 Å². The van der Waals surface area contributed by atoms with Crippen molar-refractivity contribution in [3.63, 3.8) is 0 Å². The number of piperazine rings is 1. The van der Waals surface area contributed by atoms with Gasteiger partial charge in [0.1, 0.15) is 17.2 Å². The number of rotatable bonds is 4. The van der Waals surface area contributed by atoms with Crippen LogP contribution >= 0.6 is 22.9 Å². The van der Waals surface area contributed by atoms with Crippen molar-refractivity contribution in [3.05, 3.63) is 70.7 Å². The second-order valence-electron chi connectivity index (χ2n) is 6.38. The van der Waals surface area contributed by atoms with Crippen LogP contribution in [0.4, 0.5) is 5.69 Å². The zero-order chi connectivity index (χ0) is 17.1. The highest BCUT2D eigenvalue weighted by Gasteiger charge is 2.22. The van der Waals surface area contributed by atoms with Gasteiger partial charge in [0.25, 0.3) is 0 Å². The number of nitrogens with one attached hydrogen (secondary N) is 1. The lowest BCUT2D eigenvalue weighted by Gasteiger charge is -2.33. The summed E-state index contributed by atoms with van der Waals surface area (Å²) in [6.45, 7) is 5.30. The van der Waals surface area contributed by atoms with Crippen molar-refractivity contribution in [1.29, 1.82) is 0 Å². The summed E-state index contributed by atoms with van der Waals surface area (Å²) in [7, 11) is 0. The molecule has 4 rings (SSSR count). The molecule has 2 aromatic carbocycles. The van der Waals surface area contributed by atoms with Gasteiger partial charge in [0.2, 0.25) is 0 Å². The molecule has 5 heteroatoms. The van der Waals surface area contributed by atoms with Gasteiger partial charge in [0, 0.05) is 10.9 Å². The molecular weight excluding hydrogens is 350 g/mol. The van der Waals surface area contributed by atoms with Gasteiger partial charge in [-0.2, -0.15) is 0 Å². The van der Waals surface area contributed by atoms with Crippen LogP contribution in [0, 0.1) is 0 Å². The Hall–Kier alpha value is -1.88. The van der Waals surface area contributed by atoms with Crippen LogP contribution in [0.1, 0.15) is 5.69 Å². The summed E-state index contributed by atoms with van der Waals surface area (Å²) in [6, 6.07) is 18.5. The van der Waals surface area contributed by atoms with Crippen LogP contribution < -0.4 is 9.80 Å². The standard InChI is InChI=1S/C20H20ClN3S/c21-18-8-4-5-9-19(18)24-12-10-23(11-13-24)14-17-15-25-20(22-17)16-6-2-1-3-7-16/h1-9,15H,10-14H2/p+1. The van der Waals surface area contributed by atoms with E-state index in [2.05, 4.69) is 46.7 Å². The highest BCUT2D eigenvalue weighted by atomic mass is 35.5. The van der Waals surface area contributed by atoms with Gasteiger partial charge in [0.15, 0.2) is 0 Å². The minimum absolute atomic E-state index is 0.845. The van der Waals surface area contributed by atoms with Crippen LogP contribution in [0.5, 0.6) is 0 Å². The number of aromatic nitrogens is 1. The molecule has 2 heterocycles. The average molecular weight is 371 g/mol. The lowest BCUT2D eigenvalue weighted by Crippen LogP contribution is -3.13. The monoisotopic (exact) mass is 370 g/mol. The smallest absolute Gasteiger partial charge is 0.123 e. The number of para-hydroxylation sites is 1. The molecule has 1 fully saturated rings. The highest BCUT2D eigenvalue weighted by Crippen LogP contribution is 2.25. The maximum Gasteiger partial charge on any atom is 0.123 e. The van der Waals surface area contributed by atoms with Crippen molar-refractivity contribution in [2.24, 2.45) is 0 Å². The van der Waals surface area contributed by atoms with E-state index in [1.54, 1.807) is 16.2 Å². The van der Waals surface area contributed by atoms with E-state index in [0.717, 1.165) is 48.4 Å². The largest absolute Gasteiger partial charge is 0.359 e. The Kier molecular flexibility index (Phi) is 5.02. The Morgan fingerprint density at radius 1 is 1.00 bits per heavy atom. The summed E-state index contributed by atoms with van der Waals surface area (Å²) in [4.78, 5) is 8.81. The van der Waals surface area contributed by atoms with Gasteiger partial charge in [0.05, 0.1) is 36.9 Å². The van der Waals surface area contributed by atoms with E-state index in [0.29, 0.717) is 0 Å². The average Bonchev–Trinajstić information content (AvgIpc) is 3.12. The Bertz CT molecular complexity index is 826. The van der Waals surface area contributed by atoms with E-state index in [4.69, 9.17) is 16.6 Å². The van der Waals surface area contributed by atoms with Crippen molar-refractivity contribution in [1.82, 2.24) is 4.98 Å². The van der Waals surface area contributed by atoms with Crippen molar-refractivity contribution in [2.75, 3.05) is 31.1 Å². The Morgan fingerprint density at radius 2 is 1.72 bits per heavy atom. The van der Waals surface area contributed by atoms with Crippen LogP contribution in [-0.4, -0.2) is 31.2 Å². The van der Waals surface area contributed by atoms with Crippen LogP contribution in [0.15, 0.2) is 60.0 Å². The molecule has 0 amide bonds. The number of benzene rings is 2. The molecule has 1 aromatic heterocycles. The number of thiazole rings is 1. The molecule has 0 radical (unpaired) electrons. The number of hydrogen-bond donors (Lipinski definition) is 1. The first kappa shape index (κ1) is 16.6. The molecule has 0 saturated carbocycles. The molecule has 0 bridgehead atoms. The molecule has 1 saturated heterocycles. The predicted octanol–water partition coefficient (Wildman–Crippen LogP) is 3.37. The van der Waals surface area contributed by atoms with Gasteiger partial charge in [-0.1, -0.05) is 54.1 Å². The van der Waals surface area contributed by atoms with E-state index >= 15 is 0 Å². The Morgan fingerprint density at radius 3 is 2.48 bits per heavy atom. The van der Waals surface area contributed by atoms with E-state index in [-0.39, 0.29) is 0 Å². The normalized spacial score (nSPS) is 15.5. The third-order valence-electron chi connectivity index (χ3n) is 4.67. The third kappa shape index (κ3) is 3.87. The maximum absolute atomic E-state index is 6.33. The first-order valence-electron chi connectivity index (χ1n) is 8.62. The second kappa shape index (κ2) is 7.56. The molecule has 25 heavy (non-hydrogen) atoms. The zero-order valence-electron chi connectivity index (χ0n) is 14.0. The zero-order valence-corrected chi connectivity index (χ0v) is 15.6. The fraction of sp³-hybridized carbons (Fsp3) is 0.250. The fourth-order valence-corrected chi connectivity index (χ4v) is 4.39. The molecule has 0 unspecified atom stereocenters. The summed E-state index contributed by atoms with van der Waals surface area (Å²) < 4.78 is 0. The Balaban J connectivity index is 1.36. The van der Waals surface area contributed by atoms with Crippen molar-refractivity contribution >= 4 is 28.6 Å². The summed E-state index contributed by atoms with van der Waals surface area (Å²) in [5, 5.41) is 4.16. The Labute approximate surface area is 157 Å². The molecule has 3 nitrogen and oxygen atoms in total. The van der Waals surface area contributed by atoms with Crippen LogP contribution in [0.3, 0.4) is 0 Å². The number of anilines is 1. The van der Waals surface area contributed by atoms with Crippen LogP contribution in [0.25, 0.3) is 10.6 Å². The summed E-state index contributed by atoms with van der Waals surface area (Å²) >= 11 is 8.07. The van der Waals surface area contributed by atoms with Crippen molar-refractivity contribution in [2.45, 2.75) is 6.54 Å². The number of quaternary nitrogens is 1. The van der Waals surface area contributed by atoms with E-state index in [1.165, 1.54) is 11.3 Å². The van der Waals surface area contributed by atoms with Gasteiger partial charge in [-0.25, -0.2) is 4.98 Å². The number of nitrogens with zero attached hydrogens (tertiary/aromatic N) is 2. The number of hydrogen-bond acceptors (Lipinski definition) is 3. The van der Waals surface area contributed by atoms with Crippen LogP contribution in [-0.2, 0) is 6.54 Å². The van der Waals surface area contributed by atoms with Crippen molar-refractivity contribution < 1.29 is 4.90 Å². The van der Waals surface area contributed by atoms with Crippen LogP contribution in [0.2, 0.25) is 5.02 Å². The van der Waals surface area contributed by atoms with Gasteiger partial charge in [-0.3, -0.25) is 0 Å². The molecule has 0 spiro atoms. The second-order valence-corrected chi connectivity index (χ2v) is 7.64. The molecule has 1 aliphatic heterocycles. The molecule has 1 N–H and O–H groups in total. The molecular formula is C20H21ClN3S+. The lowest BCUT2D eigenvalue weighted by atomic mass is 10.2. The predicted molar refractivity (Wildman–Crippen MR) is 106 cm³/mol. The minimum atomic E-state index is 0.845. The molecule has 3 aromatic rings. The van der Waals surface area contributed by atoms with E-state index in [1.807, 2.05) is 18.2 Å². The van der Waals surface area contributed by atoms with Crippen molar-refractivity contribution in [3.8, 4) is 10.6 Å². The van der Waals surface area contributed by atoms with Gasteiger partial charge in [-0.15, -0.1) is 11.3 Å². The van der Waals surface area contributed by atoms with Gasteiger partial charge in [-0.05, 0) is 12.1 Å². The van der Waals surface area contributed by atoms with E-state index in [9.17, 15) is 0 Å². The third-order valence-corrected chi connectivity index (χ3v) is 5.93. The lowest BCUT2D eigenvalue weighted by molar-refractivity contribution is -0.914. The summed E-state index contributed by atoms with van der Waals surface area (Å²) in [5.74, 6) is 0. The number of halogens is 1. The highest BCUT2D eigenvalue weighted by molar-refractivity contribution is 7.13. The maximum atomic E-state index is 6.33. The molecule has 1 aliphatic rings. The SMILES string of the molecule is Clc1ccccc1N1CC[NH+](Cc2csc(-c3ccccc3)n2)CC1. The molecule has 0 atom stereocenters. The summed E-state index contributed by atoms with van der Waals surface area (Å²) in [6.07, 6.45) is 0. The molecule has 128 valence electrons. The topological polar surface area (TPSA) is 20.6 Å². The van der Waals surface area contributed by atoms with Gasteiger partial charge >= 0.3 is 0 Å². The quantitative estimate of drug-likeness (QED) is 0.760. The molecule has 0 aliphatic carbocycles. The van der Waals surface area contributed by atoms with Gasteiger partial charge < -0.3 is 9.80 Å². The minimum Gasteiger partial charge on any atom is -0.359 e. The first-order valence-corrected chi connectivity index (χ1v) is 9.88. The summed E-state index contributed by atoms with van der Waals surface area (Å²) in [5.41, 5.74) is 3.56. The first-order chi connectivity index (χ1) is 12.3. The fourth-order valence-electron chi connectivity index (χ4n) is 3.31.